The molecule has 2 heterocycles. The van der Waals surface area contributed by atoms with Crippen LogP contribution in [0.15, 0.2) is 71.5 Å². The molecule has 0 unspecified atom stereocenters. The number of hydrogen-bond acceptors (Lipinski definition) is 6. The van der Waals surface area contributed by atoms with Crippen molar-refractivity contribution in [1.29, 1.82) is 0 Å². The number of nitrogens with zero attached hydrogens (tertiary/aromatic N) is 3. The van der Waals surface area contributed by atoms with Gasteiger partial charge < -0.3 is 19.9 Å². The molecule has 0 bridgehead atoms. The Hall–Kier alpha value is -3.91. The maximum Gasteiger partial charge on any atom is 0.323 e. The molecule has 8 nitrogen and oxygen atoms in total. The molecule has 0 saturated heterocycles. The van der Waals surface area contributed by atoms with Gasteiger partial charge in [-0.1, -0.05) is 35.0 Å². The van der Waals surface area contributed by atoms with Crippen LogP contribution in [0.3, 0.4) is 0 Å². The van der Waals surface area contributed by atoms with E-state index in [0.717, 1.165) is 11.1 Å². The fraction of sp³-hybridized carbons (Fsp3) is 0.0909. The van der Waals surface area contributed by atoms with Crippen LogP contribution in [0.1, 0.15) is 11.5 Å². The zero-order valence-electron chi connectivity index (χ0n) is 16.5. The minimum absolute atomic E-state index is 0.351. The van der Waals surface area contributed by atoms with Crippen LogP contribution in [0.4, 0.5) is 16.2 Å². The molecule has 4 aromatic rings. The van der Waals surface area contributed by atoms with Gasteiger partial charge in [0.15, 0.2) is 0 Å². The summed E-state index contributed by atoms with van der Waals surface area (Å²) in [4.78, 5) is 21.1. The second-order valence-electron chi connectivity index (χ2n) is 6.51. The molecule has 2 aromatic heterocycles. The number of benzene rings is 2. The van der Waals surface area contributed by atoms with Crippen molar-refractivity contribution in [1.82, 2.24) is 15.1 Å². The van der Waals surface area contributed by atoms with Crippen molar-refractivity contribution in [2.75, 3.05) is 17.7 Å². The number of methoxy groups -OCH3 is 1. The maximum atomic E-state index is 12.6. The first kappa shape index (κ1) is 20.4. The second-order valence-corrected chi connectivity index (χ2v) is 6.95. The number of carbonyl (C=O) groups excluding carboxylic acids is 1. The van der Waals surface area contributed by atoms with Crippen molar-refractivity contribution < 1.29 is 14.1 Å². The topological polar surface area (TPSA) is 102 Å². The Morgan fingerprint density at radius 1 is 1.10 bits per heavy atom. The van der Waals surface area contributed by atoms with Crippen LogP contribution >= 0.6 is 11.6 Å². The third kappa shape index (κ3) is 4.99. The molecule has 0 radical (unpaired) electrons. The minimum atomic E-state index is -0.436. The van der Waals surface area contributed by atoms with Gasteiger partial charge in [-0.15, -0.1) is 0 Å². The molecular weight excluding hydrogens is 418 g/mol. The highest BCUT2D eigenvalue weighted by atomic mass is 35.5. The van der Waals surface area contributed by atoms with E-state index in [1.165, 1.54) is 7.11 Å². The van der Waals surface area contributed by atoms with E-state index >= 15 is 0 Å². The quantitative estimate of drug-likeness (QED) is 0.440. The van der Waals surface area contributed by atoms with E-state index in [1.807, 2.05) is 24.3 Å². The van der Waals surface area contributed by atoms with E-state index in [0.29, 0.717) is 40.3 Å². The lowest BCUT2D eigenvalue weighted by molar-refractivity contribution is 0.262. The number of para-hydroxylation sites is 1. The van der Waals surface area contributed by atoms with Gasteiger partial charge in [0.2, 0.25) is 11.7 Å². The molecule has 2 aromatic carbocycles. The Bertz CT molecular complexity index is 1200. The number of hydrogen-bond donors (Lipinski definition) is 2. The van der Waals surface area contributed by atoms with Crippen molar-refractivity contribution >= 4 is 29.0 Å². The lowest BCUT2D eigenvalue weighted by atomic mass is 10.1. The smallest absolute Gasteiger partial charge is 0.323 e. The molecule has 0 aliphatic rings. The highest BCUT2D eigenvalue weighted by Gasteiger charge is 2.14. The summed E-state index contributed by atoms with van der Waals surface area (Å²) < 4.78 is 10.6. The SMILES string of the molecule is COc1ccc(Cl)cc1NC(=O)Nc1ccccc1Cc1nc(-c2cccnc2)no1. The normalized spacial score (nSPS) is 10.5. The molecule has 4 rings (SSSR count). The predicted molar refractivity (Wildman–Crippen MR) is 117 cm³/mol. The number of nitrogens with one attached hydrogen (secondary N) is 2. The van der Waals surface area contributed by atoms with E-state index < -0.39 is 6.03 Å². The number of pyridine rings is 1. The summed E-state index contributed by atoms with van der Waals surface area (Å²) in [7, 11) is 1.52. The first-order valence-electron chi connectivity index (χ1n) is 9.35. The Balaban J connectivity index is 1.49. The fourth-order valence-electron chi connectivity index (χ4n) is 2.95. The highest BCUT2D eigenvalue weighted by Crippen LogP contribution is 2.28. The molecule has 0 aliphatic heterocycles. The standard InChI is InChI=1S/C22H18ClN5O3/c1-30-19-9-8-16(23)12-18(19)26-22(29)25-17-7-3-2-5-14(17)11-20-27-21(28-31-20)15-6-4-10-24-13-15/h2-10,12-13H,11H2,1H3,(H2,25,26,29). The summed E-state index contributed by atoms with van der Waals surface area (Å²) in [6.07, 6.45) is 3.69. The largest absolute Gasteiger partial charge is 0.495 e. The van der Waals surface area contributed by atoms with Gasteiger partial charge in [-0.05, 0) is 42.0 Å². The number of rotatable bonds is 6. The van der Waals surface area contributed by atoms with Crippen LogP contribution in [0.2, 0.25) is 5.02 Å². The number of urea groups is 1. The molecule has 9 heteroatoms. The third-order valence-electron chi connectivity index (χ3n) is 4.40. The number of anilines is 2. The lowest BCUT2D eigenvalue weighted by Crippen LogP contribution is -2.20. The first-order chi connectivity index (χ1) is 15.1. The van der Waals surface area contributed by atoms with Gasteiger partial charge in [0.1, 0.15) is 5.75 Å². The van der Waals surface area contributed by atoms with E-state index in [4.69, 9.17) is 20.9 Å². The minimum Gasteiger partial charge on any atom is -0.495 e. The number of amides is 2. The summed E-state index contributed by atoms with van der Waals surface area (Å²) in [5.41, 5.74) is 2.65. The van der Waals surface area contributed by atoms with E-state index in [9.17, 15) is 4.79 Å². The predicted octanol–water partition coefficient (Wildman–Crippen LogP) is 5.03. The van der Waals surface area contributed by atoms with Gasteiger partial charge in [-0.25, -0.2) is 4.79 Å². The molecular formula is C22H18ClN5O3. The number of halogens is 1. The molecule has 0 atom stereocenters. The van der Waals surface area contributed by atoms with Crippen molar-refractivity contribution in [2.45, 2.75) is 6.42 Å². The summed E-state index contributed by atoms with van der Waals surface area (Å²) in [6.45, 7) is 0. The van der Waals surface area contributed by atoms with Crippen molar-refractivity contribution in [3.8, 4) is 17.1 Å². The van der Waals surface area contributed by atoms with Crippen LogP contribution in [-0.4, -0.2) is 28.3 Å². The average Bonchev–Trinajstić information content (AvgIpc) is 3.24. The molecule has 0 spiro atoms. The number of aromatic nitrogens is 3. The van der Waals surface area contributed by atoms with Crippen LogP contribution in [-0.2, 0) is 6.42 Å². The number of carbonyl (C=O) groups is 1. The van der Waals surface area contributed by atoms with E-state index in [-0.39, 0.29) is 0 Å². The van der Waals surface area contributed by atoms with Crippen LogP contribution < -0.4 is 15.4 Å². The molecule has 2 N–H and O–H groups in total. The highest BCUT2D eigenvalue weighted by molar-refractivity contribution is 6.31. The molecule has 0 aliphatic carbocycles. The molecule has 0 fully saturated rings. The van der Waals surface area contributed by atoms with Crippen molar-refractivity contribution in [3.05, 3.63) is 83.5 Å². The Morgan fingerprint density at radius 2 is 1.94 bits per heavy atom. The Morgan fingerprint density at radius 3 is 2.74 bits per heavy atom. The summed E-state index contributed by atoms with van der Waals surface area (Å²) >= 11 is 6.02. The first-order valence-corrected chi connectivity index (χ1v) is 9.72. The van der Waals surface area contributed by atoms with E-state index in [2.05, 4.69) is 25.8 Å². The third-order valence-corrected chi connectivity index (χ3v) is 4.64. The van der Waals surface area contributed by atoms with Crippen LogP contribution in [0.5, 0.6) is 5.75 Å². The van der Waals surface area contributed by atoms with Crippen LogP contribution in [0, 0.1) is 0 Å². The maximum absolute atomic E-state index is 12.6. The second kappa shape index (κ2) is 9.27. The molecule has 2 amide bonds. The van der Waals surface area contributed by atoms with Gasteiger partial charge in [0.05, 0.1) is 19.2 Å². The molecule has 31 heavy (non-hydrogen) atoms. The fourth-order valence-corrected chi connectivity index (χ4v) is 3.12. The van der Waals surface area contributed by atoms with Gasteiger partial charge in [-0.2, -0.15) is 4.98 Å². The summed E-state index contributed by atoms with van der Waals surface area (Å²) in [6, 6.07) is 15.6. The van der Waals surface area contributed by atoms with Gasteiger partial charge in [0.25, 0.3) is 0 Å². The summed E-state index contributed by atoms with van der Waals surface area (Å²) in [5, 5.41) is 10.1. The lowest BCUT2D eigenvalue weighted by Gasteiger charge is -2.13. The zero-order chi connectivity index (χ0) is 21.6. The monoisotopic (exact) mass is 435 g/mol. The summed E-state index contributed by atoms with van der Waals surface area (Å²) in [5.74, 6) is 1.38. The number of ether oxygens (including phenoxy) is 1. The van der Waals surface area contributed by atoms with E-state index in [1.54, 1.807) is 42.7 Å². The van der Waals surface area contributed by atoms with Gasteiger partial charge in [0, 0.05) is 28.7 Å². The molecule has 0 saturated carbocycles. The Labute approximate surface area is 183 Å². The molecule has 156 valence electrons. The van der Waals surface area contributed by atoms with Gasteiger partial charge in [-0.3, -0.25) is 4.98 Å². The average molecular weight is 436 g/mol. The van der Waals surface area contributed by atoms with Crippen molar-refractivity contribution in [3.63, 3.8) is 0 Å². The Kier molecular flexibility index (Phi) is 6.09. The van der Waals surface area contributed by atoms with Gasteiger partial charge >= 0.3 is 6.03 Å². The van der Waals surface area contributed by atoms with Crippen LogP contribution in [0.25, 0.3) is 11.4 Å². The zero-order valence-corrected chi connectivity index (χ0v) is 17.3. The van der Waals surface area contributed by atoms with Crippen molar-refractivity contribution in [2.24, 2.45) is 0 Å².